The van der Waals surface area contributed by atoms with Gasteiger partial charge < -0.3 is 10.6 Å². The van der Waals surface area contributed by atoms with Crippen molar-refractivity contribution >= 4 is 86.2 Å². The number of benzene rings is 1. The van der Waals surface area contributed by atoms with Crippen molar-refractivity contribution in [2.75, 3.05) is 19.6 Å². The van der Waals surface area contributed by atoms with Gasteiger partial charge in [-0.05, 0) is 62.3 Å². The molecule has 0 bridgehead atoms. The van der Waals surface area contributed by atoms with Gasteiger partial charge in [-0.15, -0.1) is 0 Å². The van der Waals surface area contributed by atoms with Crippen LogP contribution >= 0.6 is 11.6 Å². The van der Waals surface area contributed by atoms with Gasteiger partial charge >= 0.3 is 0 Å². The lowest BCUT2D eigenvalue weighted by Gasteiger charge is -2.53. The average Bonchev–Trinajstić information content (AvgIpc) is 2.65. The van der Waals surface area contributed by atoms with Gasteiger partial charge in [0.05, 0.1) is 53.6 Å². The van der Waals surface area contributed by atoms with Crippen LogP contribution in [0.1, 0.15) is 30.1 Å². The third kappa shape index (κ3) is 6.96. The summed E-state index contributed by atoms with van der Waals surface area (Å²) in [5, 5.41) is 5.93. The summed E-state index contributed by atoms with van der Waals surface area (Å²) in [7, 11) is 17.0. The molecule has 0 aliphatic carbocycles. The number of hydrogen-bond donors (Lipinski definition) is 2. The summed E-state index contributed by atoms with van der Waals surface area (Å²) in [6.07, 6.45) is 1.72. The highest BCUT2D eigenvalue weighted by molar-refractivity contribution is 6.65. The molecule has 1 aromatic rings. The molecule has 0 radical (unpaired) electrons. The summed E-state index contributed by atoms with van der Waals surface area (Å²) in [4.78, 5) is 27.9. The zero-order valence-electron chi connectivity index (χ0n) is 22.4. The fourth-order valence-electron chi connectivity index (χ4n) is 4.99. The Bertz CT molecular complexity index is 884. The summed E-state index contributed by atoms with van der Waals surface area (Å²) in [6, 6.07) is 3.85. The van der Waals surface area contributed by atoms with E-state index in [4.69, 9.17) is 11.6 Å². The summed E-state index contributed by atoms with van der Waals surface area (Å²) < 4.78 is 13.7. The Labute approximate surface area is 216 Å². The van der Waals surface area contributed by atoms with Gasteiger partial charge in [0, 0.05) is 16.1 Å². The van der Waals surface area contributed by atoms with Crippen molar-refractivity contribution in [2.45, 2.75) is 40.9 Å². The highest BCUT2D eigenvalue weighted by atomic mass is 35.5. The molecule has 1 fully saturated rings. The number of likely N-dealkylation sites (tertiary alicyclic amines) is 1. The second kappa shape index (κ2) is 10.5. The minimum atomic E-state index is -0.531. The number of nitrogens with zero attached hydrogens (tertiary/aromatic N) is 1. The minimum Gasteiger partial charge on any atom is -0.362 e. The first-order valence-electron chi connectivity index (χ1n) is 12.2. The van der Waals surface area contributed by atoms with Gasteiger partial charge in [-0.25, -0.2) is 4.39 Å². The van der Waals surface area contributed by atoms with E-state index in [-0.39, 0.29) is 44.1 Å². The van der Waals surface area contributed by atoms with Crippen molar-refractivity contribution in [3.63, 3.8) is 0 Å². The molecule has 34 heavy (non-hydrogen) atoms. The van der Waals surface area contributed by atoms with E-state index in [0.717, 1.165) is 25.9 Å². The summed E-state index contributed by atoms with van der Waals surface area (Å²) in [5.41, 5.74) is -0.144. The van der Waals surface area contributed by atoms with E-state index in [1.54, 1.807) is 0 Å². The van der Waals surface area contributed by atoms with E-state index < -0.39 is 11.2 Å². The Morgan fingerprint density at radius 1 is 1.00 bits per heavy atom. The lowest BCUT2D eigenvalue weighted by atomic mass is 9.22. The Hall–Kier alpha value is -1.14. The van der Waals surface area contributed by atoms with E-state index in [2.05, 4.69) is 69.5 Å². The fraction of sp³-hybridized carbons (Fsp3) is 0.579. The van der Waals surface area contributed by atoms with Gasteiger partial charge in [0.15, 0.2) is 0 Å². The summed E-state index contributed by atoms with van der Waals surface area (Å²) in [6.45, 7) is 4.06. The van der Waals surface area contributed by atoms with Crippen LogP contribution in [0.2, 0.25) is 15.2 Å². The minimum absolute atomic E-state index is 0.0429. The number of amides is 2. The third-order valence-corrected chi connectivity index (χ3v) is 8.14. The zero-order chi connectivity index (χ0) is 26.1. The molecule has 0 saturated carbocycles. The predicted octanol–water partition coefficient (Wildman–Crippen LogP) is -5.34. The number of nitrogens with one attached hydrogen (secondary N) is 2. The van der Waals surface area contributed by atoms with Crippen molar-refractivity contribution in [2.24, 2.45) is 5.92 Å². The number of rotatable bonds is 8. The fourth-order valence-corrected chi connectivity index (χ4v) is 5.21. The van der Waals surface area contributed by atoms with E-state index in [1.807, 2.05) is 15.7 Å². The van der Waals surface area contributed by atoms with E-state index in [9.17, 15) is 14.0 Å². The van der Waals surface area contributed by atoms with Crippen LogP contribution in [0.4, 0.5) is 4.39 Å². The first-order valence-corrected chi connectivity index (χ1v) is 12.6. The maximum absolute atomic E-state index is 13.7. The average molecular weight is 478 g/mol. The van der Waals surface area contributed by atoms with Crippen LogP contribution in [0.5, 0.6) is 0 Å². The molecular weight excluding hydrogens is 443 g/mol. The second-order valence-corrected chi connectivity index (χ2v) is 13.0. The molecule has 15 heteroatoms. The van der Waals surface area contributed by atoms with Crippen molar-refractivity contribution in [3.05, 3.63) is 34.6 Å². The lowest BCUT2D eigenvalue weighted by Crippen LogP contribution is -2.64. The largest absolute Gasteiger partial charge is 0.362 e. The first-order chi connectivity index (χ1) is 15.4. The van der Waals surface area contributed by atoms with Crippen LogP contribution in [-0.4, -0.2) is 110 Å². The Balaban J connectivity index is 1.95. The molecule has 1 aromatic carbocycles. The molecule has 0 aromatic heterocycles. The monoisotopic (exact) mass is 479 g/mol. The Morgan fingerprint density at radius 3 is 2.00 bits per heavy atom. The van der Waals surface area contributed by atoms with Crippen molar-refractivity contribution in [1.29, 1.82) is 0 Å². The standard InChI is InChI=1S/C19H35B8ClFN3O2/c1-16(18(22,23)24,19(25,26)27)30-14(33)9-32-4-2-11(3-5-32)17(20,21)31-15(34)10-6-12(28)8-13(29)7-10/h6-8,11H,2-5,9,20-27H2,1H3,(H,30,33)(H,31,34). The van der Waals surface area contributed by atoms with Gasteiger partial charge in [0.25, 0.3) is 5.91 Å². The topological polar surface area (TPSA) is 61.4 Å². The zero-order valence-corrected chi connectivity index (χ0v) is 23.1. The molecule has 176 valence electrons. The number of piperidine rings is 1. The number of carbonyl (C=O) groups excluding carboxylic acids is 2. The van der Waals surface area contributed by atoms with Crippen LogP contribution in [0.25, 0.3) is 0 Å². The molecule has 0 atom stereocenters. The van der Waals surface area contributed by atoms with Gasteiger partial charge in [-0.1, -0.05) is 21.8 Å². The maximum atomic E-state index is 13.7. The number of halogens is 2. The molecule has 2 amide bonds. The van der Waals surface area contributed by atoms with Crippen molar-refractivity contribution in [3.8, 4) is 0 Å². The maximum Gasteiger partial charge on any atom is 0.250 e. The summed E-state index contributed by atoms with van der Waals surface area (Å²) in [5.74, 6) is -0.580. The van der Waals surface area contributed by atoms with Crippen molar-refractivity contribution in [1.82, 2.24) is 15.5 Å². The molecule has 0 spiro atoms. The van der Waals surface area contributed by atoms with Crippen molar-refractivity contribution < 1.29 is 14.0 Å². The number of hydrogen-bond acceptors (Lipinski definition) is 3. The first kappa shape index (κ1) is 29.1. The van der Waals surface area contributed by atoms with Crippen LogP contribution < -0.4 is 10.6 Å². The molecule has 5 nitrogen and oxygen atoms in total. The Kier molecular flexibility index (Phi) is 8.95. The van der Waals surface area contributed by atoms with Gasteiger partial charge in [-0.2, -0.15) is 0 Å². The number of carbonyl (C=O) groups is 2. The van der Waals surface area contributed by atoms with Crippen LogP contribution in [0.15, 0.2) is 18.2 Å². The normalized spacial score (nSPS) is 16.7. The molecule has 1 aliphatic rings. The van der Waals surface area contributed by atoms with Crippen LogP contribution in [0, 0.1) is 11.7 Å². The second-order valence-electron chi connectivity index (χ2n) is 12.6. The predicted molar refractivity (Wildman–Crippen MR) is 161 cm³/mol. The molecule has 1 saturated heterocycles. The third-order valence-electron chi connectivity index (χ3n) is 7.93. The highest BCUT2D eigenvalue weighted by Crippen LogP contribution is 2.42. The molecule has 2 rings (SSSR count). The van der Waals surface area contributed by atoms with E-state index in [1.165, 1.54) is 18.2 Å². The van der Waals surface area contributed by atoms with Gasteiger partial charge in [-0.3, -0.25) is 14.5 Å². The van der Waals surface area contributed by atoms with Gasteiger partial charge in [0.2, 0.25) is 5.91 Å². The van der Waals surface area contributed by atoms with Gasteiger partial charge in [0.1, 0.15) is 21.5 Å². The van der Waals surface area contributed by atoms with Crippen LogP contribution in [-0.2, 0) is 4.79 Å². The SMILES string of the molecule is BC(B)(NC(=O)c1cc(F)cc(Cl)c1)C1CCN(CC(=O)NC(C)(C(B)(B)B)C(B)(B)B)CC1. The molecule has 0 unspecified atom stereocenters. The smallest absolute Gasteiger partial charge is 0.250 e. The molecule has 1 aliphatic heterocycles. The highest BCUT2D eigenvalue weighted by Gasteiger charge is 2.46. The van der Waals surface area contributed by atoms with Crippen LogP contribution in [0.3, 0.4) is 0 Å². The lowest BCUT2D eigenvalue weighted by molar-refractivity contribution is -0.124. The molecule has 2 N–H and O–H groups in total. The molecule has 1 heterocycles. The molecular formula is C19H35B8ClFN3O2. The van der Waals surface area contributed by atoms with E-state index in [0.29, 0.717) is 6.54 Å². The van der Waals surface area contributed by atoms with E-state index >= 15 is 0 Å². The Morgan fingerprint density at radius 2 is 1.53 bits per heavy atom. The summed E-state index contributed by atoms with van der Waals surface area (Å²) >= 11 is 5.90. The quantitative estimate of drug-likeness (QED) is 0.367.